The van der Waals surface area contributed by atoms with E-state index in [9.17, 15) is 0 Å². The Balaban J connectivity index is 1.12. The molecule has 53 heavy (non-hydrogen) atoms. The molecule has 4 nitrogen and oxygen atoms in total. The Labute approximate surface area is 306 Å². The van der Waals surface area contributed by atoms with Crippen molar-refractivity contribution < 1.29 is 4.42 Å². The predicted octanol–water partition coefficient (Wildman–Crippen LogP) is 12.8. The van der Waals surface area contributed by atoms with E-state index in [2.05, 4.69) is 152 Å². The number of hydrogen-bond donors (Lipinski definition) is 0. The van der Waals surface area contributed by atoms with Gasteiger partial charge >= 0.3 is 0 Å². The fourth-order valence-electron chi connectivity index (χ4n) is 8.61. The minimum atomic E-state index is -0.197. The highest BCUT2D eigenvalue weighted by Crippen LogP contribution is 2.54. The molecule has 0 saturated heterocycles. The molecule has 0 amide bonds. The van der Waals surface area contributed by atoms with E-state index in [0.717, 1.165) is 55.7 Å². The van der Waals surface area contributed by atoms with E-state index < -0.39 is 0 Å². The molecule has 11 rings (SSSR count). The molecular formula is C49H33N3O. The molecule has 0 unspecified atom stereocenters. The summed E-state index contributed by atoms with van der Waals surface area (Å²) in [5.41, 5.74) is 15.3. The van der Waals surface area contributed by atoms with Gasteiger partial charge in [-0.3, -0.25) is 0 Å². The monoisotopic (exact) mass is 679 g/mol. The van der Waals surface area contributed by atoms with Crippen LogP contribution in [0.5, 0.6) is 0 Å². The molecule has 1 aliphatic carbocycles. The normalized spacial score (nSPS) is 13.2. The molecule has 0 spiro atoms. The Morgan fingerprint density at radius 1 is 0.491 bits per heavy atom. The van der Waals surface area contributed by atoms with Crippen LogP contribution >= 0.6 is 0 Å². The second kappa shape index (κ2) is 11.1. The summed E-state index contributed by atoms with van der Waals surface area (Å²) in [6.45, 7) is 4.68. The smallest absolute Gasteiger partial charge is 0.160 e. The fourth-order valence-corrected chi connectivity index (χ4v) is 8.61. The third-order valence-corrected chi connectivity index (χ3v) is 11.2. The SMILES string of the molecule is CC1(C)c2cc3oc4ccccc4c3cc2-c2c1ccc1c3ccccc3n(-c3ccc(-c4cc(-c5ccccc5)nc(-c5ccccc5)n4)cc3)c21. The van der Waals surface area contributed by atoms with Crippen LogP contribution in [0.2, 0.25) is 0 Å². The van der Waals surface area contributed by atoms with Crippen LogP contribution in [0.1, 0.15) is 25.0 Å². The number of rotatable bonds is 4. The van der Waals surface area contributed by atoms with Crippen LogP contribution in [0.15, 0.2) is 168 Å². The molecule has 0 bridgehead atoms. The number of furan rings is 1. The zero-order chi connectivity index (χ0) is 35.3. The number of hydrogen-bond acceptors (Lipinski definition) is 3. The van der Waals surface area contributed by atoms with Crippen molar-refractivity contribution in [2.24, 2.45) is 0 Å². The lowest BCUT2D eigenvalue weighted by molar-refractivity contribution is 0.647. The van der Waals surface area contributed by atoms with Gasteiger partial charge in [-0.05, 0) is 59.2 Å². The maximum atomic E-state index is 6.40. The molecule has 4 heteroatoms. The molecule has 0 saturated carbocycles. The van der Waals surface area contributed by atoms with E-state index in [1.807, 2.05) is 30.3 Å². The average molecular weight is 680 g/mol. The number of fused-ring (bicyclic) bond motifs is 10. The van der Waals surface area contributed by atoms with Crippen molar-refractivity contribution in [1.82, 2.24) is 14.5 Å². The zero-order valence-corrected chi connectivity index (χ0v) is 29.3. The maximum Gasteiger partial charge on any atom is 0.160 e. The number of nitrogens with zero attached hydrogens (tertiary/aromatic N) is 3. The molecule has 1 aliphatic rings. The highest BCUT2D eigenvalue weighted by atomic mass is 16.3. The van der Waals surface area contributed by atoms with E-state index in [1.165, 1.54) is 44.1 Å². The molecule has 0 fully saturated rings. The molecule has 0 atom stereocenters. The first-order chi connectivity index (χ1) is 26.0. The van der Waals surface area contributed by atoms with Gasteiger partial charge in [0.05, 0.1) is 22.4 Å². The third kappa shape index (κ3) is 4.42. The van der Waals surface area contributed by atoms with Crippen LogP contribution in [-0.4, -0.2) is 14.5 Å². The molecule has 0 aliphatic heterocycles. The lowest BCUT2D eigenvalue weighted by atomic mass is 9.82. The summed E-state index contributed by atoms with van der Waals surface area (Å²) >= 11 is 0. The number of aromatic nitrogens is 3. The van der Waals surface area contributed by atoms with Gasteiger partial charge in [0, 0.05) is 54.9 Å². The second-order valence-corrected chi connectivity index (χ2v) is 14.6. The van der Waals surface area contributed by atoms with E-state index in [1.54, 1.807) is 0 Å². The minimum Gasteiger partial charge on any atom is -0.456 e. The fraction of sp³-hybridized carbons (Fsp3) is 0.0612. The zero-order valence-electron chi connectivity index (χ0n) is 29.3. The van der Waals surface area contributed by atoms with Crippen LogP contribution in [0.3, 0.4) is 0 Å². The van der Waals surface area contributed by atoms with Gasteiger partial charge in [-0.1, -0.05) is 135 Å². The predicted molar refractivity (Wildman–Crippen MR) is 218 cm³/mol. The molecule has 10 aromatic rings. The number of para-hydroxylation sites is 2. The first kappa shape index (κ1) is 29.9. The van der Waals surface area contributed by atoms with Crippen molar-refractivity contribution in [3.8, 4) is 50.7 Å². The van der Waals surface area contributed by atoms with Crippen LogP contribution in [0.25, 0.3) is 94.5 Å². The summed E-state index contributed by atoms with van der Waals surface area (Å²) in [7, 11) is 0. The Morgan fingerprint density at radius 3 is 1.89 bits per heavy atom. The lowest BCUT2D eigenvalue weighted by Crippen LogP contribution is -2.14. The molecule has 0 N–H and O–H groups in total. The molecule has 250 valence electrons. The van der Waals surface area contributed by atoms with Gasteiger partial charge in [0.2, 0.25) is 0 Å². The van der Waals surface area contributed by atoms with Gasteiger partial charge in [-0.15, -0.1) is 0 Å². The van der Waals surface area contributed by atoms with Crippen molar-refractivity contribution in [2.45, 2.75) is 19.3 Å². The first-order valence-electron chi connectivity index (χ1n) is 18.2. The van der Waals surface area contributed by atoms with E-state index >= 15 is 0 Å². The van der Waals surface area contributed by atoms with Crippen LogP contribution < -0.4 is 0 Å². The van der Waals surface area contributed by atoms with Gasteiger partial charge in [0.1, 0.15) is 11.2 Å². The van der Waals surface area contributed by atoms with Gasteiger partial charge in [0.15, 0.2) is 5.82 Å². The summed E-state index contributed by atoms with van der Waals surface area (Å²) < 4.78 is 8.86. The van der Waals surface area contributed by atoms with Crippen LogP contribution in [0.4, 0.5) is 0 Å². The molecule has 3 heterocycles. The standard InChI is InChI=1S/C49H33N3O/c1-49(2)39-26-25-36-34-17-9-11-19-43(34)52(47(36)46(39)38-27-37-35-18-10-12-20-44(35)53-45(37)28-40(38)49)33-23-21-31(22-24-33)42-29-41(30-13-5-3-6-14-30)50-48(51-42)32-15-7-4-8-16-32/h3-29H,1-2H3. The summed E-state index contributed by atoms with van der Waals surface area (Å²) in [5, 5.41) is 4.79. The summed E-state index contributed by atoms with van der Waals surface area (Å²) in [5.74, 6) is 0.713. The van der Waals surface area contributed by atoms with Gasteiger partial charge in [-0.25, -0.2) is 9.97 Å². The third-order valence-electron chi connectivity index (χ3n) is 11.2. The van der Waals surface area contributed by atoms with Crippen LogP contribution in [0, 0.1) is 0 Å². The van der Waals surface area contributed by atoms with Gasteiger partial charge < -0.3 is 8.98 Å². The summed E-state index contributed by atoms with van der Waals surface area (Å²) in [6.07, 6.45) is 0. The summed E-state index contributed by atoms with van der Waals surface area (Å²) in [4.78, 5) is 10.1. The number of benzene rings is 7. The summed E-state index contributed by atoms with van der Waals surface area (Å²) in [6, 6.07) is 58.0. The topological polar surface area (TPSA) is 43.9 Å². The second-order valence-electron chi connectivity index (χ2n) is 14.6. The largest absolute Gasteiger partial charge is 0.456 e. The highest BCUT2D eigenvalue weighted by Gasteiger charge is 2.38. The first-order valence-corrected chi connectivity index (χ1v) is 18.2. The van der Waals surface area contributed by atoms with Crippen molar-refractivity contribution in [3.05, 3.63) is 175 Å². The molecule has 0 radical (unpaired) electrons. The highest BCUT2D eigenvalue weighted by molar-refractivity contribution is 6.17. The molecular weight excluding hydrogens is 647 g/mol. The van der Waals surface area contributed by atoms with Gasteiger partial charge in [-0.2, -0.15) is 0 Å². The van der Waals surface area contributed by atoms with E-state index in [0.29, 0.717) is 5.82 Å². The van der Waals surface area contributed by atoms with E-state index in [-0.39, 0.29) is 5.41 Å². The Bertz CT molecular complexity index is 3000. The molecule has 3 aromatic heterocycles. The van der Waals surface area contributed by atoms with Crippen molar-refractivity contribution in [2.75, 3.05) is 0 Å². The Kier molecular flexibility index (Phi) is 6.27. The van der Waals surface area contributed by atoms with Crippen molar-refractivity contribution in [3.63, 3.8) is 0 Å². The van der Waals surface area contributed by atoms with E-state index in [4.69, 9.17) is 14.4 Å². The van der Waals surface area contributed by atoms with Gasteiger partial charge in [0.25, 0.3) is 0 Å². The van der Waals surface area contributed by atoms with Crippen molar-refractivity contribution >= 4 is 43.7 Å². The minimum absolute atomic E-state index is 0.197. The van der Waals surface area contributed by atoms with Crippen LogP contribution in [-0.2, 0) is 5.41 Å². The van der Waals surface area contributed by atoms with Crippen molar-refractivity contribution in [1.29, 1.82) is 0 Å². The average Bonchev–Trinajstić information content (AvgIpc) is 3.83. The lowest BCUT2D eigenvalue weighted by Gasteiger charge is -2.21. The molecule has 7 aromatic carbocycles. The Hall–Kier alpha value is -6.78. The maximum absolute atomic E-state index is 6.40. The quantitative estimate of drug-likeness (QED) is 0.186. The Morgan fingerprint density at radius 2 is 1.13 bits per heavy atom.